The maximum atomic E-state index is 5.36. The Labute approximate surface area is 103 Å². The molecule has 96 valence electrons. The number of furan rings is 1. The minimum atomic E-state index is 0.283. The molecule has 1 N–H and O–H groups in total. The van der Waals surface area contributed by atoms with Gasteiger partial charge in [-0.2, -0.15) is 0 Å². The maximum Gasteiger partial charge on any atom is 0.120 e. The number of methoxy groups -OCH3 is 1. The zero-order valence-electron chi connectivity index (χ0n) is 10.7. The van der Waals surface area contributed by atoms with E-state index in [0.717, 1.165) is 38.4 Å². The quantitative estimate of drug-likeness (QED) is 0.818. The molecule has 4 heteroatoms. The molecule has 2 atom stereocenters. The topological polar surface area (TPSA) is 37.6 Å². The fourth-order valence-corrected chi connectivity index (χ4v) is 2.27. The third kappa shape index (κ3) is 3.56. The standard InChI is InChI=1S/C13H22N2O2/c1-11(13-4-3-9-17-13)14-6-8-15-7-5-12(10-15)16-2/h3-4,9,11-12,14H,5-8,10H2,1-2H3. The molecule has 17 heavy (non-hydrogen) atoms. The predicted molar refractivity (Wildman–Crippen MR) is 67.0 cm³/mol. The molecule has 1 aromatic heterocycles. The van der Waals surface area contributed by atoms with E-state index in [2.05, 4.69) is 17.1 Å². The van der Waals surface area contributed by atoms with Gasteiger partial charge in [0.05, 0.1) is 18.4 Å². The summed E-state index contributed by atoms with van der Waals surface area (Å²) >= 11 is 0. The first kappa shape index (κ1) is 12.6. The van der Waals surface area contributed by atoms with Crippen LogP contribution in [0, 0.1) is 0 Å². The Balaban J connectivity index is 1.63. The van der Waals surface area contributed by atoms with Crippen LogP contribution < -0.4 is 5.32 Å². The SMILES string of the molecule is COC1CCN(CCNC(C)c2ccco2)C1. The summed E-state index contributed by atoms with van der Waals surface area (Å²) < 4.78 is 10.7. The van der Waals surface area contributed by atoms with Crippen molar-refractivity contribution in [2.75, 3.05) is 33.3 Å². The van der Waals surface area contributed by atoms with Crippen molar-refractivity contribution >= 4 is 0 Å². The molecular weight excluding hydrogens is 216 g/mol. The highest BCUT2D eigenvalue weighted by molar-refractivity contribution is 5.02. The number of hydrogen-bond donors (Lipinski definition) is 1. The number of ether oxygens (including phenoxy) is 1. The summed E-state index contributed by atoms with van der Waals surface area (Å²) in [4.78, 5) is 2.44. The zero-order valence-corrected chi connectivity index (χ0v) is 10.7. The molecule has 1 aromatic rings. The van der Waals surface area contributed by atoms with Gasteiger partial charge >= 0.3 is 0 Å². The van der Waals surface area contributed by atoms with Crippen molar-refractivity contribution in [2.24, 2.45) is 0 Å². The molecular formula is C13H22N2O2. The normalized spacial score (nSPS) is 23.1. The predicted octanol–water partition coefficient (Wildman–Crippen LogP) is 1.65. The van der Waals surface area contributed by atoms with E-state index in [9.17, 15) is 0 Å². The highest BCUT2D eigenvalue weighted by Crippen LogP contribution is 2.13. The highest BCUT2D eigenvalue weighted by Gasteiger charge is 2.21. The van der Waals surface area contributed by atoms with E-state index in [1.165, 1.54) is 0 Å². The van der Waals surface area contributed by atoms with Crippen molar-refractivity contribution in [1.82, 2.24) is 10.2 Å². The number of rotatable bonds is 6. The monoisotopic (exact) mass is 238 g/mol. The van der Waals surface area contributed by atoms with Crippen molar-refractivity contribution in [2.45, 2.75) is 25.5 Å². The summed E-state index contributed by atoms with van der Waals surface area (Å²) in [6.07, 6.45) is 3.30. The van der Waals surface area contributed by atoms with Crippen molar-refractivity contribution < 1.29 is 9.15 Å². The van der Waals surface area contributed by atoms with Gasteiger partial charge in [0.1, 0.15) is 5.76 Å². The Bertz CT molecular complexity index is 313. The molecule has 0 saturated carbocycles. The van der Waals surface area contributed by atoms with Crippen LogP contribution in [0.1, 0.15) is 25.1 Å². The molecule has 0 radical (unpaired) electrons. The molecule has 4 nitrogen and oxygen atoms in total. The van der Waals surface area contributed by atoms with Gasteiger partial charge in [0.25, 0.3) is 0 Å². The van der Waals surface area contributed by atoms with Gasteiger partial charge in [-0.05, 0) is 25.5 Å². The Hall–Kier alpha value is -0.840. The summed E-state index contributed by atoms with van der Waals surface area (Å²) in [5.74, 6) is 1.00. The first-order chi connectivity index (χ1) is 8.29. The van der Waals surface area contributed by atoms with Crippen LogP contribution >= 0.6 is 0 Å². The Morgan fingerprint density at radius 2 is 2.53 bits per heavy atom. The number of nitrogens with one attached hydrogen (secondary N) is 1. The van der Waals surface area contributed by atoms with Crippen molar-refractivity contribution in [3.8, 4) is 0 Å². The van der Waals surface area contributed by atoms with Crippen LogP contribution in [0.25, 0.3) is 0 Å². The van der Waals surface area contributed by atoms with Gasteiger partial charge in [0, 0.05) is 33.3 Å². The highest BCUT2D eigenvalue weighted by atomic mass is 16.5. The molecule has 2 rings (SSSR count). The Morgan fingerprint density at radius 1 is 1.65 bits per heavy atom. The van der Waals surface area contributed by atoms with E-state index < -0.39 is 0 Å². The third-order valence-electron chi connectivity index (χ3n) is 3.41. The number of hydrogen-bond acceptors (Lipinski definition) is 4. The minimum Gasteiger partial charge on any atom is -0.468 e. The van der Waals surface area contributed by atoms with E-state index in [1.54, 1.807) is 13.4 Å². The summed E-state index contributed by atoms with van der Waals surface area (Å²) in [5, 5.41) is 3.47. The second kappa shape index (κ2) is 6.19. The Morgan fingerprint density at radius 3 is 3.18 bits per heavy atom. The molecule has 2 unspecified atom stereocenters. The lowest BCUT2D eigenvalue weighted by Crippen LogP contribution is -2.32. The molecule has 1 aliphatic rings. The van der Waals surface area contributed by atoms with E-state index in [0.29, 0.717) is 6.10 Å². The van der Waals surface area contributed by atoms with Crippen molar-refractivity contribution in [3.63, 3.8) is 0 Å². The number of likely N-dealkylation sites (tertiary alicyclic amines) is 1. The molecule has 0 aliphatic carbocycles. The smallest absolute Gasteiger partial charge is 0.120 e. The average Bonchev–Trinajstić information content (AvgIpc) is 3.00. The lowest BCUT2D eigenvalue weighted by molar-refractivity contribution is 0.108. The van der Waals surface area contributed by atoms with Crippen molar-refractivity contribution in [1.29, 1.82) is 0 Å². The van der Waals surface area contributed by atoms with Crippen molar-refractivity contribution in [3.05, 3.63) is 24.2 Å². The first-order valence-corrected chi connectivity index (χ1v) is 6.31. The maximum absolute atomic E-state index is 5.36. The zero-order chi connectivity index (χ0) is 12.1. The lowest BCUT2D eigenvalue weighted by Gasteiger charge is -2.17. The van der Waals surface area contributed by atoms with E-state index >= 15 is 0 Å². The van der Waals surface area contributed by atoms with E-state index in [4.69, 9.17) is 9.15 Å². The van der Waals surface area contributed by atoms with Gasteiger partial charge in [0.2, 0.25) is 0 Å². The van der Waals surface area contributed by atoms with E-state index in [-0.39, 0.29) is 6.04 Å². The second-order valence-corrected chi connectivity index (χ2v) is 4.64. The molecule has 2 heterocycles. The molecule has 1 aliphatic heterocycles. The largest absolute Gasteiger partial charge is 0.468 e. The van der Waals surface area contributed by atoms with Crippen LogP contribution in [0.2, 0.25) is 0 Å². The second-order valence-electron chi connectivity index (χ2n) is 4.64. The van der Waals surface area contributed by atoms with Crippen LogP contribution in [-0.2, 0) is 4.74 Å². The fourth-order valence-electron chi connectivity index (χ4n) is 2.27. The van der Waals surface area contributed by atoms with Gasteiger partial charge in [-0.15, -0.1) is 0 Å². The van der Waals surface area contributed by atoms with Crippen LogP contribution in [0.15, 0.2) is 22.8 Å². The van der Waals surface area contributed by atoms with Gasteiger partial charge in [-0.25, -0.2) is 0 Å². The summed E-state index contributed by atoms with van der Waals surface area (Å²) in [7, 11) is 1.80. The third-order valence-corrected chi connectivity index (χ3v) is 3.41. The van der Waals surface area contributed by atoms with Gasteiger partial charge in [-0.3, -0.25) is 4.90 Å². The van der Waals surface area contributed by atoms with E-state index in [1.807, 2.05) is 12.1 Å². The molecule has 0 amide bonds. The molecule has 0 bridgehead atoms. The van der Waals surface area contributed by atoms with Crippen LogP contribution in [-0.4, -0.2) is 44.3 Å². The Kier molecular flexibility index (Phi) is 4.59. The van der Waals surface area contributed by atoms with Gasteiger partial charge in [-0.1, -0.05) is 0 Å². The first-order valence-electron chi connectivity index (χ1n) is 6.31. The van der Waals surface area contributed by atoms with Crippen LogP contribution in [0.5, 0.6) is 0 Å². The van der Waals surface area contributed by atoms with Gasteiger partial charge < -0.3 is 14.5 Å². The fraction of sp³-hybridized carbons (Fsp3) is 0.692. The molecule has 1 saturated heterocycles. The average molecular weight is 238 g/mol. The van der Waals surface area contributed by atoms with Crippen LogP contribution in [0.3, 0.4) is 0 Å². The lowest BCUT2D eigenvalue weighted by atomic mass is 10.2. The minimum absolute atomic E-state index is 0.283. The summed E-state index contributed by atoms with van der Waals surface area (Å²) in [6, 6.07) is 4.22. The molecule has 1 fully saturated rings. The van der Waals surface area contributed by atoms with Crippen LogP contribution in [0.4, 0.5) is 0 Å². The number of nitrogens with zero attached hydrogens (tertiary/aromatic N) is 1. The molecule has 0 aromatic carbocycles. The molecule has 0 spiro atoms. The summed E-state index contributed by atoms with van der Waals surface area (Å²) in [5.41, 5.74) is 0. The summed E-state index contributed by atoms with van der Waals surface area (Å²) in [6.45, 7) is 6.40. The van der Waals surface area contributed by atoms with Gasteiger partial charge in [0.15, 0.2) is 0 Å².